The Labute approximate surface area is 147 Å². The van der Waals surface area contributed by atoms with Gasteiger partial charge in [-0.05, 0) is 53.7 Å². The number of hydrazone groups is 1. The molecule has 0 bridgehead atoms. The van der Waals surface area contributed by atoms with Gasteiger partial charge in [0.2, 0.25) is 0 Å². The molecule has 2 atom stereocenters. The van der Waals surface area contributed by atoms with Gasteiger partial charge in [0.25, 0.3) is 0 Å². The van der Waals surface area contributed by atoms with Crippen molar-refractivity contribution in [2.24, 2.45) is 22.9 Å². The molecule has 0 saturated heterocycles. The van der Waals surface area contributed by atoms with E-state index in [1.54, 1.807) is 5.57 Å². The molecule has 24 heavy (non-hydrogen) atoms. The first kappa shape index (κ1) is 17.3. The second-order valence-corrected chi connectivity index (χ2v) is 8.15. The standard InChI is InChI=1S/C22H32N2/c1-15(2)17-6-5-7-21-20(13-10-17)14-23-24-22(21)19-11-8-18(9-12-19)16(3)4/h8-9,11-12,14-17,21,23H,5-7,10,13H2,1-4H3. The molecule has 3 rings (SSSR count). The van der Waals surface area contributed by atoms with Crippen LogP contribution in [0.15, 0.2) is 41.1 Å². The molecule has 0 aromatic heterocycles. The quantitative estimate of drug-likeness (QED) is 0.740. The smallest absolute Gasteiger partial charge is 0.0751 e. The summed E-state index contributed by atoms with van der Waals surface area (Å²) in [6.07, 6.45) is 8.62. The molecule has 0 spiro atoms. The second-order valence-electron chi connectivity index (χ2n) is 8.15. The van der Waals surface area contributed by atoms with Crippen molar-refractivity contribution in [2.75, 3.05) is 0 Å². The highest BCUT2D eigenvalue weighted by Gasteiger charge is 2.28. The Kier molecular flexibility index (Phi) is 5.43. The van der Waals surface area contributed by atoms with Crippen molar-refractivity contribution in [1.82, 2.24) is 5.43 Å². The lowest BCUT2D eigenvalue weighted by atomic mass is 9.76. The van der Waals surface area contributed by atoms with Crippen LogP contribution in [-0.2, 0) is 0 Å². The number of rotatable bonds is 3. The summed E-state index contributed by atoms with van der Waals surface area (Å²) in [7, 11) is 0. The average Bonchev–Trinajstić information content (AvgIpc) is 2.55. The van der Waals surface area contributed by atoms with Gasteiger partial charge in [-0.25, -0.2) is 0 Å². The van der Waals surface area contributed by atoms with Crippen LogP contribution in [0.3, 0.4) is 0 Å². The Balaban J connectivity index is 1.78. The maximum Gasteiger partial charge on any atom is 0.0751 e. The SMILES string of the molecule is CC(C)c1ccc(C2=NNC=C3CCC(C(C)C)CCCC32)cc1. The van der Waals surface area contributed by atoms with Gasteiger partial charge in [-0.1, -0.05) is 64.8 Å². The summed E-state index contributed by atoms with van der Waals surface area (Å²) >= 11 is 0. The van der Waals surface area contributed by atoms with Gasteiger partial charge in [0.15, 0.2) is 0 Å². The molecule has 2 nitrogen and oxygen atoms in total. The maximum atomic E-state index is 4.68. The summed E-state index contributed by atoms with van der Waals surface area (Å²) in [6, 6.07) is 9.04. The van der Waals surface area contributed by atoms with E-state index >= 15 is 0 Å². The van der Waals surface area contributed by atoms with Crippen molar-refractivity contribution in [3.63, 3.8) is 0 Å². The van der Waals surface area contributed by atoms with E-state index < -0.39 is 0 Å². The van der Waals surface area contributed by atoms with Gasteiger partial charge < -0.3 is 0 Å². The highest BCUT2D eigenvalue weighted by molar-refractivity contribution is 6.04. The van der Waals surface area contributed by atoms with Crippen molar-refractivity contribution in [1.29, 1.82) is 0 Å². The monoisotopic (exact) mass is 324 g/mol. The van der Waals surface area contributed by atoms with Crippen LogP contribution in [0.2, 0.25) is 0 Å². The number of hydrogen-bond acceptors (Lipinski definition) is 2. The molecule has 1 aliphatic heterocycles. The minimum absolute atomic E-state index is 0.504. The topological polar surface area (TPSA) is 24.4 Å². The number of nitrogens with zero attached hydrogens (tertiary/aromatic N) is 1. The van der Waals surface area contributed by atoms with Gasteiger partial charge in [-0.15, -0.1) is 0 Å². The van der Waals surface area contributed by atoms with E-state index in [0.717, 1.165) is 11.8 Å². The lowest BCUT2D eigenvalue weighted by Gasteiger charge is -2.31. The van der Waals surface area contributed by atoms with Gasteiger partial charge in [-0.2, -0.15) is 5.10 Å². The first-order valence-corrected chi connectivity index (χ1v) is 9.68. The highest BCUT2D eigenvalue weighted by atomic mass is 15.3. The van der Waals surface area contributed by atoms with Crippen molar-refractivity contribution in [3.05, 3.63) is 47.2 Å². The minimum atomic E-state index is 0.504. The number of benzene rings is 1. The third kappa shape index (κ3) is 3.74. The van der Waals surface area contributed by atoms with Gasteiger partial charge >= 0.3 is 0 Å². The summed E-state index contributed by atoms with van der Waals surface area (Å²) in [5.74, 6) is 2.76. The van der Waals surface area contributed by atoms with E-state index in [4.69, 9.17) is 0 Å². The van der Waals surface area contributed by atoms with E-state index in [1.165, 1.54) is 48.9 Å². The second kappa shape index (κ2) is 7.55. The van der Waals surface area contributed by atoms with Crippen molar-refractivity contribution >= 4 is 5.71 Å². The molecule has 1 aromatic carbocycles. The molecule has 2 heteroatoms. The molecule has 1 saturated carbocycles. The number of fused-ring (bicyclic) bond motifs is 1. The zero-order valence-electron chi connectivity index (χ0n) is 15.7. The van der Waals surface area contributed by atoms with Gasteiger partial charge in [0.05, 0.1) is 5.71 Å². The average molecular weight is 325 g/mol. The van der Waals surface area contributed by atoms with E-state index in [2.05, 4.69) is 68.7 Å². The van der Waals surface area contributed by atoms with Gasteiger partial charge in [-0.3, -0.25) is 5.43 Å². The zero-order valence-corrected chi connectivity index (χ0v) is 15.7. The molecule has 1 aliphatic carbocycles. The molecule has 1 fully saturated rings. The first-order chi connectivity index (χ1) is 11.6. The predicted molar refractivity (Wildman–Crippen MR) is 103 cm³/mol. The lowest BCUT2D eigenvalue weighted by Crippen LogP contribution is -2.28. The van der Waals surface area contributed by atoms with Crippen LogP contribution in [0.5, 0.6) is 0 Å². The molecule has 130 valence electrons. The molecule has 1 heterocycles. The van der Waals surface area contributed by atoms with Crippen LogP contribution >= 0.6 is 0 Å². The Morgan fingerprint density at radius 3 is 2.42 bits per heavy atom. The molecule has 2 aliphatic rings. The minimum Gasteiger partial charge on any atom is -0.286 e. The van der Waals surface area contributed by atoms with Crippen LogP contribution in [-0.4, -0.2) is 5.71 Å². The highest BCUT2D eigenvalue weighted by Crippen LogP contribution is 2.36. The molecular weight excluding hydrogens is 292 g/mol. The Morgan fingerprint density at radius 2 is 1.75 bits per heavy atom. The van der Waals surface area contributed by atoms with Crippen LogP contribution in [0, 0.1) is 17.8 Å². The van der Waals surface area contributed by atoms with Crippen molar-refractivity contribution < 1.29 is 0 Å². The Hall–Kier alpha value is -1.57. The van der Waals surface area contributed by atoms with E-state index in [-0.39, 0.29) is 0 Å². The third-order valence-electron chi connectivity index (χ3n) is 5.90. The lowest BCUT2D eigenvalue weighted by molar-refractivity contribution is 0.307. The van der Waals surface area contributed by atoms with Crippen LogP contribution < -0.4 is 5.43 Å². The summed E-state index contributed by atoms with van der Waals surface area (Å²) in [6.45, 7) is 9.24. The first-order valence-electron chi connectivity index (χ1n) is 9.68. The summed E-state index contributed by atoms with van der Waals surface area (Å²) in [5.41, 5.74) is 8.66. The van der Waals surface area contributed by atoms with Crippen molar-refractivity contribution in [3.8, 4) is 0 Å². The molecule has 2 unspecified atom stereocenters. The van der Waals surface area contributed by atoms with Crippen molar-refractivity contribution in [2.45, 2.75) is 65.7 Å². The maximum absolute atomic E-state index is 4.68. The number of nitrogens with one attached hydrogen (secondary N) is 1. The zero-order chi connectivity index (χ0) is 17.1. The molecule has 1 N–H and O–H groups in total. The fourth-order valence-corrected chi connectivity index (χ4v) is 4.16. The fraction of sp³-hybridized carbons (Fsp3) is 0.591. The van der Waals surface area contributed by atoms with Gasteiger partial charge in [0, 0.05) is 12.1 Å². The number of hydrogen-bond donors (Lipinski definition) is 1. The molecular formula is C22H32N2. The normalized spacial score (nSPS) is 24.6. The molecule has 0 amide bonds. The molecule has 0 radical (unpaired) electrons. The largest absolute Gasteiger partial charge is 0.286 e. The van der Waals surface area contributed by atoms with Crippen LogP contribution in [0.25, 0.3) is 0 Å². The Morgan fingerprint density at radius 1 is 1.00 bits per heavy atom. The van der Waals surface area contributed by atoms with Gasteiger partial charge in [0.1, 0.15) is 0 Å². The predicted octanol–water partition coefficient (Wildman–Crippen LogP) is 5.85. The Bertz CT molecular complexity index is 607. The van der Waals surface area contributed by atoms with Crippen LogP contribution in [0.1, 0.15) is 76.8 Å². The summed E-state index contributed by atoms with van der Waals surface area (Å²) < 4.78 is 0. The van der Waals surface area contributed by atoms with E-state index in [0.29, 0.717) is 11.8 Å². The molecule has 1 aromatic rings. The van der Waals surface area contributed by atoms with E-state index in [1.807, 2.05) is 0 Å². The third-order valence-corrected chi connectivity index (χ3v) is 5.90. The summed E-state index contributed by atoms with van der Waals surface area (Å²) in [5, 5.41) is 4.68. The fourth-order valence-electron chi connectivity index (χ4n) is 4.16. The van der Waals surface area contributed by atoms with Crippen LogP contribution in [0.4, 0.5) is 0 Å². The number of allylic oxidation sites excluding steroid dienone is 1. The summed E-state index contributed by atoms with van der Waals surface area (Å²) in [4.78, 5) is 0. The van der Waals surface area contributed by atoms with E-state index in [9.17, 15) is 0 Å².